The molecule has 0 radical (unpaired) electrons. The Morgan fingerprint density at radius 2 is 2.12 bits per heavy atom. The maximum absolute atomic E-state index is 11.7. The van der Waals surface area contributed by atoms with Gasteiger partial charge in [-0.15, -0.1) is 10.2 Å². The molecule has 1 amide bonds. The number of rotatable bonds is 4. The van der Waals surface area contributed by atoms with Crippen molar-refractivity contribution < 1.29 is 4.79 Å². The van der Waals surface area contributed by atoms with Gasteiger partial charge >= 0.3 is 0 Å². The van der Waals surface area contributed by atoms with Crippen LogP contribution in [-0.2, 0) is 0 Å². The number of benzene rings is 1. The van der Waals surface area contributed by atoms with Crippen molar-refractivity contribution in [3.63, 3.8) is 0 Å². The van der Waals surface area contributed by atoms with Crippen LogP contribution in [0.2, 0.25) is 5.02 Å². The zero-order valence-electron chi connectivity index (χ0n) is 13.4. The number of nitrogen functional groups attached to an aromatic ring is 1. The molecule has 128 valence electrons. The Balaban J connectivity index is 1.83. The van der Waals surface area contributed by atoms with E-state index in [1.54, 1.807) is 31.4 Å². The van der Waals surface area contributed by atoms with Gasteiger partial charge < -0.3 is 16.4 Å². The van der Waals surface area contributed by atoms with Gasteiger partial charge in [-0.05, 0) is 25.1 Å². The number of aromatic nitrogens is 4. The largest absolute Gasteiger partial charge is 0.383 e. The second-order valence-electron chi connectivity index (χ2n) is 5.02. The van der Waals surface area contributed by atoms with Crippen molar-refractivity contribution in [2.24, 2.45) is 0 Å². The fourth-order valence-electron chi connectivity index (χ4n) is 2.07. The summed E-state index contributed by atoms with van der Waals surface area (Å²) in [5.74, 6) is 0.349. The number of halogens is 1. The van der Waals surface area contributed by atoms with Gasteiger partial charge in [0.1, 0.15) is 10.8 Å². The van der Waals surface area contributed by atoms with Gasteiger partial charge in [0, 0.05) is 18.9 Å². The van der Waals surface area contributed by atoms with Crippen LogP contribution in [0.1, 0.15) is 15.4 Å². The SMILES string of the molecule is CNC(=O)c1ccc(Nc2ncc(-c3nnc(C)s3)c(N)n2)cc1Cl. The summed E-state index contributed by atoms with van der Waals surface area (Å²) >= 11 is 7.54. The highest BCUT2D eigenvalue weighted by Gasteiger charge is 2.12. The molecule has 0 bridgehead atoms. The van der Waals surface area contributed by atoms with Gasteiger partial charge in [-0.3, -0.25) is 4.79 Å². The molecule has 0 fully saturated rings. The summed E-state index contributed by atoms with van der Waals surface area (Å²) in [5, 5.41) is 15.3. The highest BCUT2D eigenvalue weighted by atomic mass is 35.5. The zero-order valence-corrected chi connectivity index (χ0v) is 14.9. The van der Waals surface area contributed by atoms with Gasteiger partial charge in [0.25, 0.3) is 5.91 Å². The van der Waals surface area contributed by atoms with Crippen LogP contribution in [0.25, 0.3) is 10.6 Å². The summed E-state index contributed by atoms with van der Waals surface area (Å²) < 4.78 is 0. The predicted octanol–water partition coefficient (Wildman–Crippen LogP) is 2.64. The summed E-state index contributed by atoms with van der Waals surface area (Å²) in [6, 6.07) is 4.94. The molecule has 2 aromatic heterocycles. The number of carbonyl (C=O) groups is 1. The van der Waals surface area contributed by atoms with Crippen LogP contribution in [0, 0.1) is 6.92 Å². The van der Waals surface area contributed by atoms with E-state index in [4.69, 9.17) is 17.3 Å². The minimum atomic E-state index is -0.256. The Morgan fingerprint density at radius 3 is 2.72 bits per heavy atom. The summed E-state index contributed by atoms with van der Waals surface area (Å²) in [4.78, 5) is 20.1. The van der Waals surface area contributed by atoms with Crippen molar-refractivity contribution in [3.8, 4) is 10.6 Å². The standard InChI is InChI=1S/C15H14ClN7OS/c1-7-22-23-14(25-7)10-6-19-15(21-12(10)17)20-8-3-4-9(11(16)5-8)13(24)18-2/h3-6H,1-2H3,(H,18,24)(H3,17,19,20,21). The van der Waals surface area contributed by atoms with Crippen LogP contribution in [-0.4, -0.2) is 33.1 Å². The van der Waals surface area contributed by atoms with E-state index >= 15 is 0 Å². The number of nitrogens with zero attached hydrogens (tertiary/aromatic N) is 4. The molecule has 4 N–H and O–H groups in total. The molecular formula is C15H14ClN7OS. The quantitative estimate of drug-likeness (QED) is 0.641. The number of nitrogens with two attached hydrogens (primary N) is 1. The van der Waals surface area contributed by atoms with E-state index in [-0.39, 0.29) is 5.91 Å². The fraction of sp³-hybridized carbons (Fsp3) is 0.133. The molecule has 10 heteroatoms. The molecule has 0 atom stereocenters. The van der Waals surface area contributed by atoms with Gasteiger partial charge in [-0.25, -0.2) is 4.98 Å². The Labute approximate surface area is 152 Å². The molecule has 0 aliphatic carbocycles. The number of anilines is 3. The zero-order chi connectivity index (χ0) is 18.0. The van der Waals surface area contributed by atoms with Crippen molar-refractivity contribution in [2.75, 3.05) is 18.1 Å². The van der Waals surface area contributed by atoms with Crippen molar-refractivity contribution >= 4 is 46.3 Å². The molecule has 3 aromatic rings. The number of carbonyl (C=O) groups excluding carboxylic acids is 1. The minimum Gasteiger partial charge on any atom is -0.383 e. The number of hydrogen-bond acceptors (Lipinski definition) is 8. The monoisotopic (exact) mass is 375 g/mol. The first-order valence-electron chi connectivity index (χ1n) is 7.19. The predicted molar refractivity (Wildman–Crippen MR) is 98.2 cm³/mol. The summed E-state index contributed by atoms with van der Waals surface area (Å²) in [7, 11) is 1.54. The van der Waals surface area contributed by atoms with E-state index in [0.29, 0.717) is 38.6 Å². The minimum absolute atomic E-state index is 0.256. The maximum Gasteiger partial charge on any atom is 0.252 e. The molecular weight excluding hydrogens is 362 g/mol. The van der Waals surface area contributed by atoms with Crippen molar-refractivity contribution in [3.05, 3.63) is 40.0 Å². The third-order valence-corrected chi connectivity index (χ3v) is 4.46. The Kier molecular flexibility index (Phi) is 4.77. The number of nitrogens with one attached hydrogen (secondary N) is 2. The second-order valence-corrected chi connectivity index (χ2v) is 6.61. The molecule has 1 aromatic carbocycles. The molecule has 8 nitrogen and oxygen atoms in total. The van der Waals surface area contributed by atoms with Crippen LogP contribution in [0.5, 0.6) is 0 Å². The third-order valence-electron chi connectivity index (χ3n) is 3.27. The van der Waals surface area contributed by atoms with Crippen LogP contribution < -0.4 is 16.4 Å². The second kappa shape index (κ2) is 6.99. The van der Waals surface area contributed by atoms with Gasteiger partial charge in [-0.1, -0.05) is 22.9 Å². The Morgan fingerprint density at radius 1 is 1.32 bits per heavy atom. The lowest BCUT2D eigenvalue weighted by atomic mass is 10.2. The van der Waals surface area contributed by atoms with Gasteiger partial charge in [0.2, 0.25) is 5.95 Å². The highest BCUT2D eigenvalue weighted by molar-refractivity contribution is 7.14. The van der Waals surface area contributed by atoms with Crippen LogP contribution in [0.4, 0.5) is 17.5 Å². The number of hydrogen-bond donors (Lipinski definition) is 3. The summed E-state index contributed by atoms with van der Waals surface area (Å²) in [5.41, 5.74) is 7.65. The average molecular weight is 376 g/mol. The number of amides is 1. The van der Waals surface area contributed by atoms with E-state index in [2.05, 4.69) is 30.8 Å². The van der Waals surface area contributed by atoms with Gasteiger partial charge in [-0.2, -0.15) is 4.98 Å². The van der Waals surface area contributed by atoms with Crippen molar-refractivity contribution in [1.82, 2.24) is 25.5 Å². The molecule has 0 aliphatic heterocycles. The lowest BCUT2D eigenvalue weighted by Gasteiger charge is -2.09. The first kappa shape index (κ1) is 17.1. The van der Waals surface area contributed by atoms with E-state index in [9.17, 15) is 4.79 Å². The average Bonchev–Trinajstić information content (AvgIpc) is 3.00. The lowest BCUT2D eigenvalue weighted by molar-refractivity contribution is 0.0963. The van der Waals surface area contributed by atoms with E-state index in [1.165, 1.54) is 11.3 Å². The van der Waals surface area contributed by atoms with Gasteiger partial charge in [0.05, 0.1) is 16.1 Å². The summed E-state index contributed by atoms with van der Waals surface area (Å²) in [6.07, 6.45) is 1.59. The highest BCUT2D eigenvalue weighted by Crippen LogP contribution is 2.28. The molecule has 2 heterocycles. The lowest BCUT2D eigenvalue weighted by Crippen LogP contribution is -2.18. The molecule has 25 heavy (non-hydrogen) atoms. The molecule has 0 unspecified atom stereocenters. The summed E-state index contributed by atoms with van der Waals surface area (Å²) in [6.45, 7) is 1.86. The van der Waals surface area contributed by atoms with Gasteiger partial charge in [0.15, 0.2) is 5.01 Å². The van der Waals surface area contributed by atoms with E-state index < -0.39 is 0 Å². The first-order valence-corrected chi connectivity index (χ1v) is 8.39. The van der Waals surface area contributed by atoms with E-state index in [1.807, 2.05) is 6.92 Å². The van der Waals surface area contributed by atoms with Crippen LogP contribution in [0.3, 0.4) is 0 Å². The number of aryl methyl sites for hydroxylation is 1. The third kappa shape index (κ3) is 3.67. The molecule has 0 saturated carbocycles. The molecule has 0 spiro atoms. The van der Waals surface area contributed by atoms with Crippen LogP contribution in [0.15, 0.2) is 24.4 Å². The van der Waals surface area contributed by atoms with Crippen LogP contribution >= 0.6 is 22.9 Å². The maximum atomic E-state index is 11.7. The van der Waals surface area contributed by atoms with Crippen molar-refractivity contribution in [2.45, 2.75) is 6.92 Å². The smallest absolute Gasteiger partial charge is 0.252 e. The fourth-order valence-corrected chi connectivity index (χ4v) is 3.04. The first-order chi connectivity index (χ1) is 12.0. The van der Waals surface area contributed by atoms with E-state index in [0.717, 1.165) is 5.01 Å². The topological polar surface area (TPSA) is 119 Å². The Hall–Kier alpha value is -2.78. The molecule has 0 saturated heterocycles. The normalized spacial score (nSPS) is 10.5. The molecule has 3 rings (SSSR count). The van der Waals surface area contributed by atoms with Crippen molar-refractivity contribution in [1.29, 1.82) is 0 Å². The Bertz CT molecular complexity index is 943. The molecule has 0 aliphatic rings.